The fourth-order valence-corrected chi connectivity index (χ4v) is 2.62. The van der Waals surface area contributed by atoms with Gasteiger partial charge in [-0.15, -0.1) is 0 Å². The van der Waals surface area contributed by atoms with E-state index in [1.807, 2.05) is 48.5 Å². The first-order valence-electron chi connectivity index (χ1n) is 8.24. The van der Waals surface area contributed by atoms with Gasteiger partial charge in [-0.2, -0.15) is 0 Å². The van der Waals surface area contributed by atoms with E-state index in [-0.39, 0.29) is 5.91 Å². The normalized spacial score (nSPS) is 10.6. The maximum Gasteiger partial charge on any atom is 0.228 e. The fraction of sp³-hybridized carbons (Fsp3) is 0.190. The lowest BCUT2D eigenvalue weighted by Crippen LogP contribution is -2.14. The van der Waals surface area contributed by atoms with Crippen molar-refractivity contribution in [2.45, 2.75) is 6.42 Å². The molecule has 25 heavy (non-hydrogen) atoms. The SMILES string of the molecule is COCCOc1ccc(NC(=O)Cc2ccc3ccccc3c2)cc1. The molecule has 3 rings (SSSR count). The minimum absolute atomic E-state index is 0.0386. The molecule has 0 heterocycles. The Labute approximate surface area is 147 Å². The van der Waals surface area contributed by atoms with Crippen LogP contribution in [0.25, 0.3) is 10.8 Å². The molecule has 128 valence electrons. The fourth-order valence-electron chi connectivity index (χ4n) is 2.62. The van der Waals surface area contributed by atoms with Gasteiger partial charge in [-0.05, 0) is 40.6 Å². The highest BCUT2D eigenvalue weighted by Gasteiger charge is 2.05. The topological polar surface area (TPSA) is 47.6 Å². The molecule has 0 aliphatic heterocycles. The number of benzene rings is 3. The van der Waals surface area contributed by atoms with Crippen LogP contribution in [-0.4, -0.2) is 26.2 Å². The first-order chi connectivity index (χ1) is 12.2. The van der Waals surface area contributed by atoms with Crippen LogP contribution in [0.1, 0.15) is 5.56 Å². The number of nitrogens with one attached hydrogen (secondary N) is 1. The van der Waals surface area contributed by atoms with Crippen molar-refractivity contribution in [2.75, 3.05) is 25.6 Å². The number of carbonyl (C=O) groups excluding carboxylic acids is 1. The lowest BCUT2D eigenvalue weighted by Gasteiger charge is -2.08. The predicted molar refractivity (Wildman–Crippen MR) is 100 cm³/mol. The van der Waals surface area contributed by atoms with E-state index in [9.17, 15) is 4.79 Å². The summed E-state index contributed by atoms with van der Waals surface area (Å²) >= 11 is 0. The summed E-state index contributed by atoms with van der Waals surface area (Å²) in [4.78, 5) is 12.3. The van der Waals surface area contributed by atoms with E-state index in [0.29, 0.717) is 19.6 Å². The number of rotatable bonds is 7. The third kappa shape index (κ3) is 4.81. The molecule has 1 amide bonds. The van der Waals surface area contributed by atoms with Crippen LogP contribution in [0.15, 0.2) is 66.7 Å². The smallest absolute Gasteiger partial charge is 0.228 e. The van der Waals surface area contributed by atoms with Gasteiger partial charge in [0.1, 0.15) is 12.4 Å². The molecule has 0 radical (unpaired) electrons. The number of carbonyl (C=O) groups is 1. The summed E-state index contributed by atoms with van der Waals surface area (Å²) in [7, 11) is 1.64. The van der Waals surface area contributed by atoms with Crippen molar-refractivity contribution in [2.24, 2.45) is 0 Å². The molecule has 1 N–H and O–H groups in total. The molecule has 0 spiro atoms. The van der Waals surface area contributed by atoms with E-state index in [2.05, 4.69) is 23.5 Å². The van der Waals surface area contributed by atoms with Crippen LogP contribution < -0.4 is 10.1 Å². The molecule has 0 atom stereocenters. The van der Waals surface area contributed by atoms with Crippen LogP contribution in [0.4, 0.5) is 5.69 Å². The zero-order chi connectivity index (χ0) is 17.5. The monoisotopic (exact) mass is 335 g/mol. The zero-order valence-electron chi connectivity index (χ0n) is 14.2. The molecule has 0 bridgehead atoms. The molecular formula is C21H21NO3. The Hall–Kier alpha value is -2.85. The highest BCUT2D eigenvalue weighted by atomic mass is 16.5. The number of fused-ring (bicyclic) bond motifs is 1. The van der Waals surface area contributed by atoms with Gasteiger partial charge in [-0.3, -0.25) is 4.79 Å². The van der Waals surface area contributed by atoms with Gasteiger partial charge >= 0.3 is 0 Å². The molecule has 0 saturated carbocycles. The Morgan fingerprint density at radius 2 is 1.68 bits per heavy atom. The van der Waals surface area contributed by atoms with E-state index < -0.39 is 0 Å². The Balaban J connectivity index is 1.57. The molecule has 4 nitrogen and oxygen atoms in total. The largest absolute Gasteiger partial charge is 0.491 e. The van der Waals surface area contributed by atoms with Gasteiger partial charge in [0.15, 0.2) is 0 Å². The molecule has 0 aromatic heterocycles. The van der Waals surface area contributed by atoms with Crippen LogP contribution in [0.2, 0.25) is 0 Å². The number of ether oxygens (including phenoxy) is 2. The van der Waals surface area contributed by atoms with Gasteiger partial charge in [0.2, 0.25) is 5.91 Å². The Morgan fingerprint density at radius 3 is 2.44 bits per heavy atom. The maximum atomic E-state index is 12.3. The quantitative estimate of drug-likeness (QED) is 0.663. The van der Waals surface area contributed by atoms with Gasteiger partial charge in [-0.25, -0.2) is 0 Å². The van der Waals surface area contributed by atoms with Gasteiger partial charge in [-0.1, -0.05) is 42.5 Å². The maximum absolute atomic E-state index is 12.3. The van der Waals surface area contributed by atoms with E-state index >= 15 is 0 Å². The van der Waals surface area contributed by atoms with Crippen molar-refractivity contribution in [1.82, 2.24) is 0 Å². The molecule has 0 saturated heterocycles. The molecule has 0 fully saturated rings. The molecule has 4 heteroatoms. The van der Waals surface area contributed by atoms with Crippen molar-refractivity contribution in [3.63, 3.8) is 0 Å². The van der Waals surface area contributed by atoms with Crippen LogP contribution in [-0.2, 0) is 16.0 Å². The molecule has 3 aromatic carbocycles. The molecule has 0 aliphatic rings. The Morgan fingerprint density at radius 1 is 0.920 bits per heavy atom. The zero-order valence-corrected chi connectivity index (χ0v) is 14.2. The van der Waals surface area contributed by atoms with E-state index in [1.54, 1.807) is 7.11 Å². The first-order valence-corrected chi connectivity index (χ1v) is 8.24. The molecule has 0 aliphatic carbocycles. The Bertz CT molecular complexity index is 843. The average molecular weight is 335 g/mol. The standard InChI is InChI=1S/C21H21NO3/c1-24-12-13-25-20-10-8-19(9-11-20)22-21(23)15-16-6-7-17-4-2-3-5-18(17)14-16/h2-11,14H,12-13,15H2,1H3,(H,22,23). The predicted octanol–water partition coefficient (Wildman–Crippen LogP) is 4.05. The van der Waals surface area contributed by atoms with E-state index in [0.717, 1.165) is 22.4 Å². The molecule has 3 aromatic rings. The third-order valence-corrected chi connectivity index (χ3v) is 3.87. The highest BCUT2D eigenvalue weighted by Crippen LogP contribution is 2.18. The third-order valence-electron chi connectivity index (χ3n) is 3.87. The molecule has 0 unspecified atom stereocenters. The summed E-state index contributed by atoms with van der Waals surface area (Å²) in [6.07, 6.45) is 0.344. The summed E-state index contributed by atoms with van der Waals surface area (Å²) in [5.74, 6) is 0.716. The number of methoxy groups -OCH3 is 1. The second-order valence-electron chi connectivity index (χ2n) is 5.77. The van der Waals surface area contributed by atoms with Crippen LogP contribution in [0.5, 0.6) is 5.75 Å². The van der Waals surface area contributed by atoms with E-state index in [4.69, 9.17) is 9.47 Å². The second kappa shape index (κ2) is 8.31. The van der Waals surface area contributed by atoms with Crippen molar-refractivity contribution in [1.29, 1.82) is 0 Å². The minimum atomic E-state index is -0.0386. The van der Waals surface area contributed by atoms with Gasteiger partial charge < -0.3 is 14.8 Å². The van der Waals surface area contributed by atoms with E-state index in [1.165, 1.54) is 5.39 Å². The lowest BCUT2D eigenvalue weighted by molar-refractivity contribution is -0.115. The van der Waals surface area contributed by atoms with Crippen LogP contribution >= 0.6 is 0 Å². The Kier molecular flexibility index (Phi) is 5.65. The van der Waals surface area contributed by atoms with Crippen molar-refractivity contribution >= 4 is 22.4 Å². The van der Waals surface area contributed by atoms with Crippen molar-refractivity contribution in [3.05, 3.63) is 72.3 Å². The van der Waals surface area contributed by atoms with Crippen molar-refractivity contribution < 1.29 is 14.3 Å². The summed E-state index contributed by atoms with van der Waals surface area (Å²) < 4.78 is 10.4. The van der Waals surface area contributed by atoms with Crippen LogP contribution in [0, 0.1) is 0 Å². The summed E-state index contributed by atoms with van der Waals surface area (Å²) in [6.45, 7) is 1.05. The van der Waals surface area contributed by atoms with Gasteiger partial charge in [0.25, 0.3) is 0 Å². The number of hydrogen-bond donors (Lipinski definition) is 1. The minimum Gasteiger partial charge on any atom is -0.491 e. The van der Waals surface area contributed by atoms with Crippen molar-refractivity contribution in [3.8, 4) is 5.75 Å². The summed E-state index contributed by atoms with van der Waals surface area (Å²) in [5, 5.41) is 5.23. The number of amides is 1. The summed E-state index contributed by atoms with van der Waals surface area (Å²) in [5.41, 5.74) is 1.75. The van der Waals surface area contributed by atoms with Crippen LogP contribution in [0.3, 0.4) is 0 Å². The highest BCUT2D eigenvalue weighted by molar-refractivity contribution is 5.93. The number of hydrogen-bond acceptors (Lipinski definition) is 3. The second-order valence-corrected chi connectivity index (χ2v) is 5.77. The molecular weight excluding hydrogens is 314 g/mol. The number of anilines is 1. The average Bonchev–Trinajstić information content (AvgIpc) is 2.63. The lowest BCUT2D eigenvalue weighted by atomic mass is 10.0. The van der Waals surface area contributed by atoms with Gasteiger partial charge in [0.05, 0.1) is 13.0 Å². The summed E-state index contributed by atoms with van der Waals surface area (Å²) in [6, 6.07) is 21.6. The first kappa shape index (κ1) is 17.0. The van der Waals surface area contributed by atoms with Gasteiger partial charge in [0, 0.05) is 12.8 Å².